The van der Waals surface area contributed by atoms with Crippen LogP contribution in [0, 0.1) is 0 Å². The summed E-state index contributed by atoms with van der Waals surface area (Å²) in [7, 11) is 0. The van der Waals surface area contributed by atoms with Gasteiger partial charge >= 0.3 is 0 Å². The standard InChI is InChI=1S/C23H21N3O3/c1-14(27)25-16-5-4-6-17(12-16)26-23(15-9-10-21(28)22(29)11-15)19-13-24-20-8-3-2-7-18(19)20/h2-13,23-24,26,28-29H,1H3,(H,25,27). The topological polar surface area (TPSA) is 97.4 Å². The van der Waals surface area contributed by atoms with Gasteiger partial charge in [-0.05, 0) is 42.0 Å². The third-order valence-corrected chi connectivity index (χ3v) is 4.76. The van der Waals surface area contributed by atoms with Crippen molar-refractivity contribution in [3.05, 3.63) is 84.1 Å². The van der Waals surface area contributed by atoms with E-state index in [-0.39, 0.29) is 23.4 Å². The number of benzene rings is 3. The van der Waals surface area contributed by atoms with E-state index in [2.05, 4.69) is 15.6 Å². The number of para-hydroxylation sites is 1. The fraction of sp³-hybridized carbons (Fsp3) is 0.0870. The second-order valence-electron chi connectivity index (χ2n) is 6.88. The average molecular weight is 387 g/mol. The van der Waals surface area contributed by atoms with Crippen LogP contribution in [0.4, 0.5) is 11.4 Å². The van der Waals surface area contributed by atoms with Crippen LogP contribution >= 0.6 is 0 Å². The van der Waals surface area contributed by atoms with Crippen molar-refractivity contribution in [3.63, 3.8) is 0 Å². The monoisotopic (exact) mass is 387 g/mol. The van der Waals surface area contributed by atoms with Crippen LogP contribution in [0.25, 0.3) is 10.9 Å². The number of carbonyl (C=O) groups is 1. The number of phenolic OH excluding ortho intramolecular Hbond substituents is 2. The molecule has 0 spiro atoms. The Labute approximate surface area is 167 Å². The van der Waals surface area contributed by atoms with E-state index >= 15 is 0 Å². The molecule has 1 atom stereocenters. The number of aromatic nitrogens is 1. The van der Waals surface area contributed by atoms with E-state index in [1.807, 2.05) is 54.7 Å². The molecule has 6 heteroatoms. The molecule has 0 bridgehead atoms. The van der Waals surface area contributed by atoms with Gasteiger partial charge in [0.25, 0.3) is 0 Å². The Morgan fingerprint density at radius 1 is 0.931 bits per heavy atom. The highest BCUT2D eigenvalue weighted by Crippen LogP contribution is 2.36. The Morgan fingerprint density at radius 2 is 1.72 bits per heavy atom. The van der Waals surface area contributed by atoms with Gasteiger partial charge in [-0.2, -0.15) is 0 Å². The third kappa shape index (κ3) is 3.87. The predicted molar refractivity (Wildman–Crippen MR) is 114 cm³/mol. The zero-order valence-electron chi connectivity index (χ0n) is 15.8. The van der Waals surface area contributed by atoms with Crippen LogP contribution in [0.3, 0.4) is 0 Å². The number of aromatic hydroxyl groups is 2. The van der Waals surface area contributed by atoms with Crippen molar-refractivity contribution in [2.24, 2.45) is 0 Å². The number of rotatable bonds is 5. The van der Waals surface area contributed by atoms with Crippen molar-refractivity contribution in [3.8, 4) is 11.5 Å². The van der Waals surface area contributed by atoms with E-state index < -0.39 is 0 Å². The van der Waals surface area contributed by atoms with Gasteiger partial charge in [0, 0.05) is 41.0 Å². The van der Waals surface area contributed by atoms with Gasteiger partial charge in [-0.3, -0.25) is 4.79 Å². The van der Waals surface area contributed by atoms with Crippen molar-refractivity contribution in [2.45, 2.75) is 13.0 Å². The van der Waals surface area contributed by atoms with Crippen LogP contribution in [0.15, 0.2) is 72.9 Å². The summed E-state index contributed by atoms with van der Waals surface area (Å²) >= 11 is 0. The van der Waals surface area contributed by atoms with Crippen molar-refractivity contribution < 1.29 is 15.0 Å². The van der Waals surface area contributed by atoms with Gasteiger partial charge in [0.2, 0.25) is 5.91 Å². The molecule has 4 rings (SSSR count). The number of phenols is 2. The van der Waals surface area contributed by atoms with Crippen LogP contribution in [-0.2, 0) is 4.79 Å². The fourth-order valence-corrected chi connectivity index (χ4v) is 3.45. The first-order valence-corrected chi connectivity index (χ1v) is 9.23. The Morgan fingerprint density at radius 3 is 2.52 bits per heavy atom. The highest BCUT2D eigenvalue weighted by atomic mass is 16.3. The number of amides is 1. The number of carbonyl (C=O) groups excluding carboxylic acids is 1. The van der Waals surface area contributed by atoms with Crippen molar-refractivity contribution in [1.82, 2.24) is 4.98 Å². The molecular weight excluding hydrogens is 366 g/mol. The second-order valence-corrected chi connectivity index (χ2v) is 6.88. The zero-order chi connectivity index (χ0) is 20.4. The average Bonchev–Trinajstić information content (AvgIpc) is 3.12. The van der Waals surface area contributed by atoms with Crippen molar-refractivity contribution in [2.75, 3.05) is 10.6 Å². The Hall–Kier alpha value is -3.93. The van der Waals surface area contributed by atoms with Gasteiger partial charge in [-0.1, -0.05) is 30.3 Å². The molecule has 1 unspecified atom stereocenters. The second kappa shape index (κ2) is 7.59. The number of anilines is 2. The van der Waals surface area contributed by atoms with Gasteiger partial charge < -0.3 is 25.8 Å². The maximum Gasteiger partial charge on any atom is 0.221 e. The first-order valence-electron chi connectivity index (χ1n) is 9.23. The maximum atomic E-state index is 11.4. The first-order chi connectivity index (χ1) is 14.0. The molecule has 0 saturated carbocycles. The molecule has 0 aliphatic carbocycles. The highest BCUT2D eigenvalue weighted by molar-refractivity contribution is 5.89. The molecule has 146 valence electrons. The summed E-state index contributed by atoms with van der Waals surface area (Å²) in [6.45, 7) is 1.47. The van der Waals surface area contributed by atoms with E-state index in [1.165, 1.54) is 13.0 Å². The lowest BCUT2D eigenvalue weighted by molar-refractivity contribution is -0.114. The van der Waals surface area contributed by atoms with E-state index in [1.54, 1.807) is 12.1 Å². The molecule has 3 aromatic carbocycles. The van der Waals surface area contributed by atoms with Crippen LogP contribution in [0.5, 0.6) is 11.5 Å². The Bertz CT molecular complexity index is 1180. The summed E-state index contributed by atoms with van der Waals surface area (Å²) < 4.78 is 0. The molecule has 0 aliphatic rings. The SMILES string of the molecule is CC(=O)Nc1cccc(NC(c2ccc(O)c(O)c2)c2c[nH]c3ccccc23)c1. The summed E-state index contributed by atoms with van der Waals surface area (Å²) in [6.07, 6.45) is 1.93. The Kier molecular flexibility index (Phi) is 4.83. The molecule has 0 radical (unpaired) electrons. The minimum absolute atomic E-state index is 0.140. The minimum Gasteiger partial charge on any atom is -0.504 e. The van der Waals surface area contributed by atoms with Gasteiger partial charge in [0.1, 0.15) is 0 Å². The van der Waals surface area contributed by atoms with E-state index in [9.17, 15) is 15.0 Å². The van der Waals surface area contributed by atoms with E-state index in [0.29, 0.717) is 5.69 Å². The van der Waals surface area contributed by atoms with Crippen molar-refractivity contribution in [1.29, 1.82) is 0 Å². The lowest BCUT2D eigenvalue weighted by Gasteiger charge is -2.21. The molecule has 1 aromatic heterocycles. The smallest absolute Gasteiger partial charge is 0.221 e. The molecule has 1 amide bonds. The first kappa shape index (κ1) is 18.4. The molecule has 0 fully saturated rings. The quantitative estimate of drug-likeness (QED) is 0.320. The molecule has 6 nitrogen and oxygen atoms in total. The zero-order valence-corrected chi connectivity index (χ0v) is 15.8. The van der Waals surface area contributed by atoms with Gasteiger partial charge in [0.05, 0.1) is 6.04 Å². The van der Waals surface area contributed by atoms with E-state index in [4.69, 9.17) is 0 Å². The summed E-state index contributed by atoms with van der Waals surface area (Å²) in [6, 6.07) is 19.9. The predicted octanol–water partition coefficient (Wildman–Crippen LogP) is 4.74. The number of hydrogen-bond acceptors (Lipinski definition) is 4. The number of hydrogen-bond donors (Lipinski definition) is 5. The normalized spacial score (nSPS) is 11.9. The lowest BCUT2D eigenvalue weighted by atomic mass is 9.97. The summed E-state index contributed by atoms with van der Waals surface area (Å²) in [5.41, 5.74) is 4.28. The molecule has 1 heterocycles. The Balaban J connectivity index is 1.78. The molecule has 0 aliphatic heterocycles. The molecular formula is C23H21N3O3. The van der Waals surface area contributed by atoms with Crippen LogP contribution < -0.4 is 10.6 Å². The third-order valence-electron chi connectivity index (χ3n) is 4.76. The van der Waals surface area contributed by atoms with Crippen LogP contribution in [0.2, 0.25) is 0 Å². The maximum absolute atomic E-state index is 11.4. The molecule has 0 saturated heterocycles. The molecule has 4 aromatic rings. The number of aromatic amines is 1. The van der Waals surface area contributed by atoms with Crippen molar-refractivity contribution >= 4 is 28.2 Å². The lowest BCUT2D eigenvalue weighted by Crippen LogP contribution is -2.12. The van der Waals surface area contributed by atoms with E-state index in [0.717, 1.165) is 27.7 Å². The largest absolute Gasteiger partial charge is 0.504 e. The van der Waals surface area contributed by atoms with Gasteiger partial charge in [-0.15, -0.1) is 0 Å². The number of H-pyrrole nitrogens is 1. The minimum atomic E-state index is -0.301. The summed E-state index contributed by atoms with van der Waals surface area (Å²) in [5.74, 6) is -0.487. The highest BCUT2D eigenvalue weighted by Gasteiger charge is 2.19. The molecule has 5 N–H and O–H groups in total. The number of fused-ring (bicyclic) bond motifs is 1. The number of nitrogens with one attached hydrogen (secondary N) is 3. The van der Waals surface area contributed by atoms with Gasteiger partial charge in [0.15, 0.2) is 11.5 Å². The summed E-state index contributed by atoms with van der Waals surface area (Å²) in [5, 5.41) is 27.1. The fourth-order valence-electron chi connectivity index (χ4n) is 3.45. The molecule has 29 heavy (non-hydrogen) atoms. The van der Waals surface area contributed by atoms with Crippen LogP contribution in [0.1, 0.15) is 24.1 Å². The summed E-state index contributed by atoms with van der Waals surface area (Å²) in [4.78, 5) is 14.7. The van der Waals surface area contributed by atoms with Gasteiger partial charge in [-0.25, -0.2) is 0 Å². The van der Waals surface area contributed by atoms with Crippen LogP contribution in [-0.4, -0.2) is 21.1 Å².